The topological polar surface area (TPSA) is 0 Å². The largest absolute Gasteiger partial charge is 0.0825 e. The standard InChI is InChI=1S/C13H9BrS2/c14-11-6-8-12(9-7-11)16-13(15)10-4-2-1-3-5-10/h1-9H. The highest BCUT2D eigenvalue weighted by Crippen LogP contribution is 2.25. The molecule has 0 fully saturated rings. The molecule has 0 saturated heterocycles. The van der Waals surface area contributed by atoms with E-state index in [0.29, 0.717) is 0 Å². The second kappa shape index (κ2) is 5.62. The molecule has 16 heavy (non-hydrogen) atoms. The van der Waals surface area contributed by atoms with E-state index in [1.54, 1.807) is 11.8 Å². The smallest absolute Gasteiger partial charge is 0.0777 e. The van der Waals surface area contributed by atoms with Crippen LogP contribution in [0.5, 0.6) is 0 Å². The number of rotatable bonds is 2. The van der Waals surface area contributed by atoms with E-state index in [2.05, 4.69) is 28.1 Å². The van der Waals surface area contributed by atoms with Gasteiger partial charge in [-0.25, -0.2) is 0 Å². The van der Waals surface area contributed by atoms with Crippen molar-refractivity contribution < 1.29 is 0 Å². The molecule has 0 aliphatic rings. The van der Waals surface area contributed by atoms with Crippen molar-refractivity contribution in [3.05, 3.63) is 64.6 Å². The third-order valence-electron chi connectivity index (χ3n) is 2.03. The minimum absolute atomic E-state index is 0.905. The van der Waals surface area contributed by atoms with Crippen LogP contribution >= 0.6 is 39.9 Å². The van der Waals surface area contributed by atoms with Gasteiger partial charge in [-0.2, -0.15) is 0 Å². The summed E-state index contributed by atoms with van der Waals surface area (Å²) >= 11 is 10.4. The van der Waals surface area contributed by atoms with E-state index in [1.165, 1.54) is 0 Å². The average molecular weight is 309 g/mol. The molecule has 0 radical (unpaired) electrons. The lowest BCUT2D eigenvalue weighted by Crippen LogP contribution is -1.90. The minimum Gasteiger partial charge on any atom is -0.0777 e. The van der Waals surface area contributed by atoms with E-state index in [9.17, 15) is 0 Å². The maximum absolute atomic E-state index is 5.39. The van der Waals surface area contributed by atoms with Crippen molar-refractivity contribution in [1.82, 2.24) is 0 Å². The highest BCUT2D eigenvalue weighted by molar-refractivity contribution is 9.10. The summed E-state index contributed by atoms with van der Waals surface area (Å²) in [6.07, 6.45) is 0. The summed E-state index contributed by atoms with van der Waals surface area (Å²) in [6.45, 7) is 0. The SMILES string of the molecule is S=C(Sc1ccc(Br)cc1)c1ccccc1. The van der Waals surface area contributed by atoms with E-state index in [1.807, 2.05) is 42.5 Å². The Kier molecular flexibility index (Phi) is 4.16. The van der Waals surface area contributed by atoms with Crippen LogP contribution in [0.1, 0.15) is 5.56 Å². The number of halogens is 1. The third-order valence-corrected chi connectivity index (χ3v) is 3.98. The van der Waals surface area contributed by atoms with E-state index in [-0.39, 0.29) is 0 Å². The monoisotopic (exact) mass is 308 g/mol. The van der Waals surface area contributed by atoms with Gasteiger partial charge in [0.15, 0.2) is 0 Å². The molecule has 0 aliphatic carbocycles. The molecule has 0 unspecified atom stereocenters. The van der Waals surface area contributed by atoms with Crippen molar-refractivity contribution in [3.8, 4) is 0 Å². The summed E-state index contributed by atoms with van der Waals surface area (Å²) in [7, 11) is 0. The lowest BCUT2D eigenvalue weighted by Gasteiger charge is -2.03. The normalized spacial score (nSPS) is 10.1. The molecular weight excluding hydrogens is 300 g/mol. The summed E-state index contributed by atoms with van der Waals surface area (Å²) in [5, 5.41) is 0. The fourth-order valence-corrected chi connectivity index (χ4v) is 2.67. The second-order valence-electron chi connectivity index (χ2n) is 3.21. The van der Waals surface area contributed by atoms with Gasteiger partial charge in [-0.3, -0.25) is 0 Å². The molecule has 80 valence electrons. The number of thioether (sulfide) groups is 1. The maximum atomic E-state index is 5.39. The number of hydrogen-bond donors (Lipinski definition) is 0. The molecule has 2 aromatic rings. The molecule has 0 saturated carbocycles. The van der Waals surface area contributed by atoms with Crippen LogP contribution in [0.4, 0.5) is 0 Å². The lowest BCUT2D eigenvalue weighted by atomic mass is 10.2. The summed E-state index contributed by atoms with van der Waals surface area (Å²) in [4.78, 5) is 1.16. The highest BCUT2D eigenvalue weighted by atomic mass is 79.9. The maximum Gasteiger partial charge on any atom is 0.0825 e. The van der Waals surface area contributed by atoms with Crippen LogP contribution in [0.25, 0.3) is 0 Å². The summed E-state index contributed by atoms with van der Waals surface area (Å²) < 4.78 is 1.99. The quantitative estimate of drug-likeness (QED) is 0.570. The number of benzene rings is 2. The Morgan fingerprint density at radius 1 is 0.938 bits per heavy atom. The fraction of sp³-hybridized carbons (Fsp3) is 0. The van der Waals surface area contributed by atoms with E-state index in [4.69, 9.17) is 12.2 Å². The van der Waals surface area contributed by atoms with Gasteiger partial charge in [0.25, 0.3) is 0 Å². The fourth-order valence-electron chi connectivity index (χ4n) is 1.24. The van der Waals surface area contributed by atoms with Gasteiger partial charge in [0.2, 0.25) is 0 Å². The van der Waals surface area contributed by atoms with Gasteiger partial charge in [-0.05, 0) is 29.8 Å². The molecule has 0 aromatic heterocycles. The predicted molar refractivity (Wildman–Crippen MR) is 78.1 cm³/mol. The Bertz CT molecular complexity index is 477. The molecule has 2 aromatic carbocycles. The number of hydrogen-bond acceptors (Lipinski definition) is 2. The van der Waals surface area contributed by atoms with Crippen molar-refractivity contribution in [3.63, 3.8) is 0 Å². The van der Waals surface area contributed by atoms with Gasteiger partial charge in [0.1, 0.15) is 0 Å². The molecule has 0 N–H and O–H groups in total. The molecular formula is C13H9BrS2. The summed E-state index contributed by atoms with van der Waals surface area (Å²) in [5.74, 6) is 0. The molecule has 0 bridgehead atoms. The molecule has 0 amide bonds. The number of thiocarbonyl (C=S) groups is 1. The second-order valence-corrected chi connectivity index (χ2v) is 5.88. The Morgan fingerprint density at radius 2 is 1.56 bits per heavy atom. The van der Waals surface area contributed by atoms with Gasteiger partial charge in [-0.1, -0.05) is 70.2 Å². The van der Waals surface area contributed by atoms with Gasteiger partial charge < -0.3 is 0 Å². The van der Waals surface area contributed by atoms with E-state index in [0.717, 1.165) is 19.1 Å². The van der Waals surface area contributed by atoms with Crippen molar-refractivity contribution >= 4 is 44.1 Å². The molecule has 0 atom stereocenters. The Labute approximate surface area is 113 Å². The van der Waals surface area contributed by atoms with Crippen LogP contribution < -0.4 is 0 Å². The predicted octanol–water partition coefficient (Wildman–Crippen LogP) is 4.92. The van der Waals surface area contributed by atoms with Crippen LogP contribution in [0, 0.1) is 0 Å². The van der Waals surface area contributed by atoms with Crippen molar-refractivity contribution in [2.24, 2.45) is 0 Å². The van der Waals surface area contributed by atoms with Crippen LogP contribution in [0.3, 0.4) is 0 Å². The Balaban J connectivity index is 2.11. The van der Waals surface area contributed by atoms with Crippen LogP contribution in [-0.2, 0) is 0 Å². The minimum atomic E-state index is 0.905. The zero-order chi connectivity index (χ0) is 11.4. The first-order valence-electron chi connectivity index (χ1n) is 4.78. The molecule has 0 heterocycles. The summed E-state index contributed by atoms with van der Waals surface area (Å²) in [5.41, 5.74) is 1.10. The third kappa shape index (κ3) is 3.17. The summed E-state index contributed by atoms with van der Waals surface area (Å²) in [6, 6.07) is 18.2. The molecule has 2 rings (SSSR count). The first-order valence-corrected chi connectivity index (χ1v) is 6.80. The molecule has 0 aliphatic heterocycles. The van der Waals surface area contributed by atoms with Gasteiger partial charge >= 0.3 is 0 Å². The molecule has 0 spiro atoms. The average Bonchev–Trinajstić information content (AvgIpc) is 2.33. The van der Waals surface area contributed by atoms with E-state index < -0.39 is 0 Å². The van der Waals surface area contributed by atoms with Crippen molar-refractivity contribution in [1.29, 1.82) is 0 Å². The Hall–Kier alpha value is -0.640. The lowest BCUT2D eigenvalue weighted by molar-refractivity contribution is 1.45. The van der Waals surface area contributed by atoms with Crippen LogP contribution in [-0.4, -0.2) is 4.20 Å². The first-order chi connectivity index (χ1) is 7.75. The van der Waals surface area contributed by atoms with Gasteiger partial charge in [0, 0.05) is 9.37 Å². The first kappa shape index (κ1) is 11.8. The van der Waals surface area contributed by atoms with Crippen molar-refractivity contribution in [2.75, 3.05) is 0 Å². The van der Waals surface area contributed by atoms with Crippen LogP contribution in [0.2, 0.25) is 0 Å². The van der Waals surface area contributed by atoms with Crippen molar-refractivity contribution in [2.45, 2.75) is 4.90 Å². The Morgan fingerprint density at radius 3 is 2.19 bits per heavy atom. The van der Waals surface area contributed by atoms with Crippen LogP contribution in [0.15, 0.2) is 64.0 Å². The van der Waals surface area contributed by atoms with Gasteiger partial charge in [0.05, 0.1) is 4.20 Å². The zero-order valence-corrected chi connectivity index (χ0v) is 11.6. The van der Waals surface area contributed by atoms with Gasteiger partial charge in [-0.15, -0.1) is 0 Å². The molecule has 3 heteroatoms. The van der Waals surface area contributed by atoms with E-state index >= 15 is 0 Å². The highest BCUT2D eigenvalue weighted by Gasteiger charge is 2.02. The zero-order valence-electron chi connectivity index (χ0n) is 8.39. The molecule has 0 nitrogen and oxygen atoms in total.